The van der Waals surface area contributed by atoms with Gasteiger partial charge in [-0.2, -0.15) is 4.98 Å². The van der Waals surface area contributed by atoms with E-state index in [0.29, 0.717) is 34.4 Å². The number of imidazole rings is 1. The van der Waals surface area contributed by atoms with Crippen LogP contribution < -0.4 is 4.90 Å². The van der Waals surface area contributed by atoms with Gasteiger partial charge in [-0.15, -0.1) is 0 Å². The summed E-state index contributed by atoms with van der Waals surface area (Å²) in [7, 11) is 1.76. The van der Waals surface area contributed by atoms with Crippen LogP contribution in [0, 0.1) is 6.92 Å². The van der Waals surface area contributed by atoms with Gasteiger partial charge in [0.25, 0.3) is 5.91 Å². The van der Waals surface area contributed by atoms with Crippen molar-refractivity contribution in [2.75, 3.05) is 25.0 Å². The van der Waals surface area contributed by atoms with Gasteiger partial charge in [0.05, 0.1) is 28.5 Å². The third-order valence-electron chi connectivity index (χ3n) is 5.33. The number of hydrogen-bond acceptors (Lipinski definition) is 5. The summed E-state index contributed by atoms with van der Waals surface area (Å²) in [5.41, 5.74) is 2.68. The summed E-state index contributed by atoms with van der Waals surface area (Å²) in [5, 5.41) is 0.427. The predicted octanol–water partition coefficient (Wildman–Crippen LogP) is 4.70. The number of hydrogen-bond donors (Lipinski definition) is 0. The van der Waals surface area contributed by atoms with Crippen LogP contribution in [0.1, 0.15) is 48.5 Å². The van der Waals surface area contributed by atoms with Crippen LogP contribution in [-0.4, -0.2) is 45.5 Å². The number of benzene rings is 1. The molecular weight excluding hydrogens is 402 g/mol. The van der Waals surface area contributed by atoms with Crippen molar-refractivity contribution in [1.29, 1.82) is 0 Å². The number of rotatable bonds is 6. The van der Waals surface area contributed by atoms with Crippen LogP contribution in [0.15, 0.2) is 28.9 Å². The first-order valence-electron chi connectivity index (χ1n) is 10.3. The van der Waals surface area contributed by atoms with Gasteiger partial charge in [0.2, 0.25) is 5.89 Å². The Kier molecular flexibility index (Phi) is 5.56. The molecule has 3 heterocycles. The van der Waals surface area contributed by atoms with Crippen LogP contribution in [-0.2, 0) is 6.54 Å². The summed E-state index contributed by atoms with van der Waals surface area (Å²) in [6, 6.07) is 5.45. The maximum absolute atomic E-state index is 12.9. The fraction of sp³-hybridized carbons (Fsp3) is 0.409. The lowest BCUT2D eigenvalue weighted by atomic mass is 10.1. The van der Waals surface area contributed by atoms with E-state index < -0.39 is 0 Å². The molecule has 1 aliphatic heterocycles. The first-order valence-corrected chi connectivity index (χ1v) is 10.7. The molecule has 0 fully saturated rings. The Morgan fingerprint density at radius 2 is 1.97 bits per heavy atom. The first-order chi connectivity index (χ1) is 14.5. The predicted molar refractivity (Wildman–Crippen MR) is 117 cm³/mol. The number of amides is 1. The molecule has 3 aromatic rings. The standard InChI is InChI=1S/C22H26ClN5O2/c1-5-10-27(11-6-2)20-14(3)30-21(25-20)19-17-12-26(4)22(29)18-15(23)8-7-9-16(18)28(17)13-24-19/h7-9,13H,5-6,10-12H2,1-4H3. The number of oxazole rings is 1. The molecule has 1 aliphatic rings. The van der Waals surface area contributed by atoms with E-state index in [9.17, 15) is 4.79 Å². The molecule has 0 saturated carbocycles. The van der Waals surface area contributed by atoms with Crippen molar-refractivity contribution in [3.8, 4) is 17.3 Å². The van der Waals surface area contributed by atoms with E-state index in [0.717, 1.165) is 43.2 Å². The summed E-state index contributed by atoms with van der Waals surface area (Å²) < 4.78 is 7.96. The molecule has 7 nitrogen and oxygen atoms in total. The Bertz CT molecular complexity index is 1080. The van der Waals surface area contributed by atoms with Crippen LogP contribution in [0.4, 0.5) is 5.82 Å². The maximum atomic E-state index is 12.9. The Hall–Kier alpha value is -2.80. The number of carbonyl (C=O) groups excluding carboxylic acids is 1. The second-order valence-corrected chi connectivity index (χ2v) is 8.00. The highest BCUT2D eigenvalue weighted by Crippen LogP contribution is 2.34. The average molecular weight is 428 g/mol. The van der Waals surface area contributed by atoms with Crippen molar-refractivity contribution in [1.82, 2.24) is 19.4 Å². The summed E-state index contributed by atoms with van der Waals surface area (Å²) in [6.07, 6.45) is 3.78. The molecule has 1 amide bonds. The number of aryl methyl sites for hydroxylation is 1. The quantitative estimate of drug-likeness (QED) is 0.570. The van der Waals surface area contributed by atoms with Crippen LogP contribution in [0.2, 0.25) is 5.02 Å². The molecule has 2 aromatic heterocycles. The van der Waals surface area contributed by atoms with E-state index in [1.54, 1.807) is 24.3 Å². The Morgan fingerprint density at radius 3 is 2.67 bits per heavy atom. The maximum Gasteiger partial charge on any atom is 0.257 e. The third-order valence-corrected chi connectivity index (χ3v) is 5.64. The molecule has 0 bridgehead atoms. The van der Waals surface area contributed by atoms with Crippen molar-refractivity contribution in [3.63, 3.8) is 0 Å². The minimum absolute atomic E-state index is 0.119. The molecular formula is C22H26ClN5O2. The zero-order valence-electron chi connectivity index (χ0n) is 17.8. The molecule has 0 spiro atoms. The highest BCUT2D eigenvalue weighted by atomic mass is 35.5. The molecule has 30 heavy (non-hydrogen) atoms. The van der Waals surface area contributed by atoms with Crippen molar-refractivity contribution in [2.24, 2.45) is 0 Å². The number of nitrogens with zero attached hydrogens (tertiary/aromatic N) is 5. The summed E-state index contributed by atoms with van der Waals surface area (Å²) in [4.78, 5) is 26.2. The molecule has 0 unspecified atom stereocenters. The zero-order valence-corrected chi connectivity index (χ0v) is 18.5. The Morgan fingerprint density at radius 1 is 1.23 bits per heavy atom. The van der Waals surface area contributed by atoms with Gasteiger partial charge in [0, 0.05) is 20.1 Å². The SMILES string of the molecule is CCCN(CCC)c1nc(-c2ncn3c2CN(C)C(=O)c2c(Cl)cccc2-3)oc1C. The van der Waals surface area contributed by atoms with Gasteiger partial charge in [-0.05, 0) is 31.9 Å². The molecule has 0 N–H and O–H groups in total. The fourth-order valence-electron chi connectivity index (χ4n) is 3.97. The largest absolute Gasteiger partial charge is 0.438 e. The molecule has 8 heteroatoms. The Labute approximate surface area is 181 Å². The molecule has 4 rings (SSSR count). The Balaban J connectivity index is 1.82. The van der Waals surface area contributed by atoms with Gasteiger partial charge in [0.15, 0.2) is 5.82 Å². The second kappa shape index (κ2) is 8.14. The van der Waals surface area contributed by atoms with Crippen molar-refractivity contribution < 1.29 is 9.21 Å². The minimum atomic E-state index is -0.119. The lowest BCUT2D eigenvalue weighted by Crippen LogP contribution is -2.26. The molecule has 0 aliphatic carbocycles. The van der Waals surface area contributed by atoms with Crippen LogP contribution in [0.25, 0.3) is 17.3 Å². The number of halogens is 1. The van der Waals surface area contributed by atoms with Gasteiger partial charge >= 0.3 is 0 Å². The number of fused-ring (bicyclic) bond motifs is 3. The van der Waals surface area contributed by atoms with Gasteiger partial charge in [-0.3, -0.25) is 9.36 Å². The summed E-state index contributed by atoms with van der Waals surface area (Å²) in [5.74, 6) is 1.98. The van der Waals surface area contributed by atoms with Gasteiger partial charge < -0.3 is 14.2 Å². The van der Waals surface area contributed by atoms with Gasteiger partial charge in [-0.1, -0.05) is 31.5 Å². The lowest BCUT2D eigenvalue weighted by molar-refractivity contribution is 0.0788. The molecule has 0 saturated heterocycles. The van der Waals surface area contributed by atoms with Crippen molar-refractivity contribution >= 4 is 23.3 Å². The van der Waals surface area contributed by atoms with E-state index in [4.69, 9.17) is 21.0 Å². The second-order valence-electron chi connectivity index (χ2n) is 7.59. The summed E-state index contributed by atoms with van der Waals surface area (Å²) >= 11 is 6.37. The normalized spacial score (nSPS) is 13.2. The number of carbonyl (C=O) groups is 1. The van der Waals surface area contributed by atoms with E-state index in [2.05, 4.69) is 23.7 Å². The monoisotopic (exact) mass is 427 g/mol. The van der Waals surface area contributed by atoms with Crippen LogP contribution >= 0.6 is 11.6 Å². The zero-order chi connectivity index (χ0) is 21.4. The van der Waals surface area contributed by atoms with E-state index >= 15 is 0 Å². The molecule has 1 aromatic carbocycles. The molecule has 0 atom stereocenters. The average Bonchev–Trinajstić information content (AvgIpc) is 3.27. The summed E-state index contributed by atoms with van der Waals surface area (Å²) in [6.45, 7) is 8.47. The van der Waals surface area contributed by atoms with E-state index in [1.165, 1.54) is 0 Å². The van der Waals surface area contributed by atoms with Crippen LogP contribution in [0.5, 0.6) is 0 Å². The van der Waals surface area contributed by atoms with E-state index in [1.807, 2.05) is 23.6 Å². The first kappa shape index (κ1) is 20.5. The third kappa shape index (κ3) is 3.37. The minimum Gasteiger partial charge on any atom is -0.438 e. The van der Waals surface area contributed by atoms with Crippen molar-refractivity contribution in [2.45, 2.75) is 40.2 Å². The van der Waals surface area contributed by atoms with Gasteiger partial charge in [-0.25, -0.2) is 4.98 Å². The lowest BCUT2D eigenvalue weighted by Gasteiger charge is -2.20. The van der Waals surface area contributed by atoms with Gasteiger partial charge in [0.1, 0.15) is 17.8 Å². The highest BCUT2D eigenvalue weighted by Gasteiger charge is 2.30. The number of aromatic nitrogens is 3. The van der Waals surface area contributed by atoms with E-state index in [-0.39, 0.29) is 5.91 Å². The van der Waals surface area contributed by atoms with Crippen LogP contribution in [0.3, 0.4) is 0 Å². The fourth-order valence-corrected chi connectivity index (χ4v) is 4.22. The number of anilines is 1. The highest BCUT2D eigenvalue weighted by molar-refractivity contribution is 6.34. The topological polar surface area (TPSA) is 67.4 Å². The smallest absolute Gasteiger partial charge is 0.257 e. The molecule has 0 radical (unpaired) electrons. The molecule has 158 valence electrons. The van der Waals surface area contributed by atoms with Crippen molar-refractivity contribution in [3.05, 3.63) is 46.6 Å².